The normalized spacial score (nSPS) is 11.9. The maximum atomic E-state index is 11.4. The van der Waals surface area contributed by atoms with Gasteiger partial charge in [0.1, 0.15) is 5.69 Å². The number of carbonyl (C=O) groups excluding carboxylic acids is 1. The Balaban J connectivity index is 3.02. The van der Waals surface area contributed by atoms with Crippen LogP contribution in [-0.4, -0.2) is 17.0 Å². The number of ether oxygens (including phenoxy) is 1. The Hall–Kier alpha value is -0.260. The van der Waals surface area contributed by atoms with E-state index in [2.05, 4.69) is 15.0 Å². The van der Waals surface area contributed by atoms with E-state index in [-0.39, 0.29) is 22.3 Å². The van der Waals surface area contributed by atoms with Crippen LogP contribution in [0.2, 0.25) is 15.1 Å². The minimum Gasteiger partial charge on any atom is -0.462 e. The molecule has 0 atom stereocenters. The average molecular weight is 364 g/mol. The number of hydrogen-bond acceptors (Lipinski definition) is 4. The molecule has 0 aliphatic heterocycles. The van der Waals surface area contributed by atoms with Crippen LogP contribution in [0.3, 0.4) is 0 Å². The molecule has 0 aliphatic rings. The lowest BCUT2D eigenvalue weighted by atomic mass is 10.3. The standard InChI is InChI=1S/C10H7Cl5N2O2/c1-2-19-9(18)10(14,15)17-16-8-6(12)3-5(11)4-7(8)13/h3-4H,2H2,1H3/b17-16+. The van der Waals surface area contributed by atoms with Crippen LogP contribution in [0.5, 0.6) is 0 Å². The molecule has 0 heterocycles. The third-order valence-corrected chi connectivity index (χ3v) is 3.03. The van der Waals surface area contributed by atoms with Gasteiger partial charge in [-0.05, 0) is 19.1 Å². The predicted octanol–water partition coefficient (Wildman–Crippen LogP) is 5.43. The fraction of sp³-hybridized carbons (Fsp3) is 0.300. The molecule has 1 aromatic rings. The molecule has 4 nitrogen and oxygen atoms in total. The van der Waals surface area contributed by atoms with Crippen LogP contribution < -0.4 is 0 Å². The smallest absolute Gasteiger partial charge is 0.367 e. The second-order valence-corrected chi connectivity index (χ2v) is 5.72. The van der Waals surface area contributed by atoms with Crippen LogP contribution in [0, 0.1) is 0 Å². The first-order valence-electron chi connectivity index (χ1n) is 4.90. The molecule has 0 spiro atoms. The lowest BCUT2D eigenvalue weighted by molar-refractivity contribution is -0.143. The molecular formula is C10H7Cl5N2O2. The van der Waals surface area contributed by atoms with Crippen molar-refractivity contribution in [1.29, 1.82) is 0 Å². The molecule has 0 bridgehead atoms. The third kappa shape index (κ3) is 4.65. The monoisotopic (exact) mass is 362 g/mol. The number of rotatable bonds is 4. The first-order valence-corrected chi connectivity index (χ1v) is 6.79. The molecule has 104 valence electrons. The number of azo groups is 1. The van der Waals surface area contributed by atoms with Gasteiger partial charge in [-0.3, -0.25) is 0 Å². The number of hydrogen-bond donors (Lipinski definition) is 0. The van der Waals surface area contributed by atoms with Crippen molar-refractivity contribution in [2.45, 2.75) is 11.4 Å². The quantitative estimate of drug-likeness (QED) is 0.310. The third-order valence-electron chi connectivity index (χ3n) is 1.78. The molecule has 1 rings (SSSR count). The molecule has 0 saturated carbocycles. The summed E-state index contributed by atoms with van der Waals surface area (Å²) in [6.45, 7) is 1.71. The summed E-state index contributed by atoms with van der Waals surface area (Å²) in [5.74, 6) is -0.941. The Morgan fingerprint density at radius 1 is 1.26 bits per heavy atom. The van der Waals surface area contributed by atoms with Crippen LogP contribution in [0.1, 0.15) is 6.92 Å². The number of benzene rings is 1. The van der Waals surface area contributed by atoms with Crippen molar-refractivity contribution in [1.82, 2.24) is 0 Å². The van der Waals surface area contributed by atoms with E-state index in [1.165, 1.54) is 12.1 Å². The van der Waals surface area contributed by atoms with Gasteiger partial charge in [0, 0.05) is 5.02 Å². The molecule has 1 aromatic carbocycles. The summed E-state index contributed by atoms with van der Waals surface area (Å²) in [7, 11) is 0. The van der Waals surface area contributed by atoms with Crippen molar-refractivity contribution in [2.75, 3.05) is 6.61 Å². The zero-order valence-electron chi connectivity index (χ0n) is 9.46. The number of halogens is 5. The molecule has 0 aromatic heterocycles. The number of nitrogens with zero attached hydrogens (tertiary/aromatic N) is 2. The average Bonchev–Trinajstić information content (AvgIpc) is 2.27. The Kier molecular flexibility index (Phi) is 6.15. The minimum atomic E-state index is -2.16. The van der Waals surface area contributed by atoms with Crippen molar-refractivity contribution >= 4 is 69.7 Å². The molecule has 0 saturated heterocycles. The number of carbonyl (C=O) groups is 1. The second-order valence-electron chi connectivity index (χ2n) is 3.18. The highest BCUT2D eigenvalue weighted by Crippen LogP contribution is 2.37. The van der Waals surface area contributed by atoms with Gasteiger partial charge in [-0.25, -0.2) is 4.79 Å². The molecular weight excluding hydrogens is 357 g/mol. The van der Waals surface area contributed by atoms with Crippen LogP contribution in [-0.2, 0) is 9.53 Å². The van der Waals surface area contributed by atoms with Gasteiger partial charge in [0.25, 0.3) is 0 Å². The summed E-state index contributed by atoms with van der Waals surface area (Å²) < 4.78 is 2.47. The molecule has 19 heavy (non-hydrogen) atoms. The van der Waals surface area contributed by atoms with E-state index in [4.69, 9.17) is 58.0 Å². The SMILES string of the molecule is CCOC(=O)C(Cl)(Cl)/N=N/c1c(Cl)cc(Cl)cc1Cl. The van der Waals surface area contributed by atoms with Gasteiger partial charge in [-0.2, -0.15) is 0 Å². The molecule has 0 amide bonds. The molecule has 0 fully saturated rings. The van der Waals surface area contributed by atoms with Gasteiger partial charge in [-0.15, -0.1) is 10.2 Å². The minimum absolute atomic E-state index is 0.0997. The van der Waals surface area contributed by atoms with Gasteiger partial charge in [-0.1, -0.05) is 58.0 Å². The van der Waals surface area contributed by atoms with E-state index in [1.54, 1.807) is 6.92 Å². The summed E-state index contributed by atoms with van der Waals surface area (Å²) in [5.41, 5.74) is 0.0997. The van der Waals surface area contributed by atoms with E-state index in [1.807, 2.05) is 0 Å². The van der Waals surface area contributed by atoms with Crippen molar-refractivity contribution < 1.29 is 9.53 Å². The first-order chi connectivity index (χ1) is 8.77. The van der Waals surface area contributed by atoms with Crippen LogP contribution in [0.15, 0.2) is 22.4 Å². The van der Waals surface area contributed by atoms with Crippen molar-refractivity contribution in [3.05, 3.63) is 27.2 Å². The van der Waals surface area contributed by atoms with Gasteiger partial charge >= 0.3 is 10.4 Å². The summed E-state index contributed by atoms with van der Waals surface area (Å²) in [5, 5.41) is 7.76. The molecule has 0 radical (unpaired) electrons. The van der Waals surface area contributed by atoms with Crippen LogP contribution >= 0.6 is 58.0 Å². The summed E-state index contributed by atoms with van der Waals surface area (Å²) >= 11 is 28.8. The highest BCUT2D eigenvalue weighted by atomic mass is 35.5. The van der Waals surface area contributed by atoms with Gasteiger partial charge in [0.05, 0.1) is 16.7 Å². The summed E-state index contributed by atoms with van der Waals surface area (Å²) in [6, 6.07) is 2.83. The van der Waals surface area contributed by atoms with E-state index < -0.39 is 10.4 Å². The van der Waals surface area contributed by atoms with Gasteiger partial charge < -0.3 is 4.74 Å². The largest absolute Gasteiger partial charge is 0.462 e. The fourth-order valence-corrected chi connectivity index (χ4v) is 2.08. The molecule has 0 N–H and O–H groups in total. The number of alkyl halides is 2. The van der Waals surface area contributed by atoms with Crippen LogP contribution in [0.4, 0.5) is 5.69 Å². The lowest BCUT2D eigenvalue weighted by Gasteiger charge is -2.11. The van der Waals surface area contributed by atoms with Crippen molar-refractivity contribution in [2.24, 2.45) is 10.2 Å². The fourth-order valence-electron chi connectivity index (χ4n) is 1.00. The molecule has 0 unspecified atom stereocenters. The topological polar surface area (TPSA) is 51.0 Å². The van der Waals surface area contributed by atoms with E-state index in [9.17, 15) is 4.79 Å². The predicted molar refractivity (Wildman–Crippen MR) is 77.1 cm³/mol. The van der Waals surface area contributed by atoms with E-state index >= 15 is 0 Å². The summed E-state index contributed by atoms with van der Waals surface area (Å²) in [6.07, 6.45) is 0. The van der Waals surface area contributed by atoms with Crippen LogP contribution in [0.25, 0.3) is 0 Å². The van der Waals surface area contributed by atoms with Gasteiger partial charge in [0.2, 0.25) is 0 Å². The Bertz CT molecular complexity index is 496. The highest BCUT2D eigenvalue weighted by molar-refractivity contribution is 6.57. The second kappa shape index (κ2) is 6.95. The van der Waals surface area contributed by atoms with Crippen molar-refractivity contribution in [3.8, 4) is 0 Å². The van der Waals surface area contributed by atoms with E-state index in [0.29, 0.717) is 5.02 Å². The zero-order chi connectivity index (χ0) is 14.6. The first kappa shape index (κ1) is 16.8. The van der Waals surface area contributed by atoms with Gasteiger partial charge in [0.15, 0.2) is 0 Å². The highest BCUT2D eigenvalue weighted by Gasteiger charge is 2.36. The van der Waals surface area contributed by atoms with E-state index in [0.717, 1.165) is 0 Å². The maximum Gasteiger partial charge on any atom is 0.367 e. The Morgan fingerprint density at radius 2 is 1.79 bits per heavy atom. The Labute approximate surface area is 134 Å². The maximum absolute atomic E-state index is 11.4. The molecule has 9 heteroatoms. The zero-order valence-corrected chi connectivity index (χ0v) is 13.2. The Morgan fingerprint density at radius 3 is 2.26 bits per heavy atom. The molecule has 0 aliphatic carbocycles. The number of esters is 1. The summed E-state index contributed by atoms with van der Waals surface area (Å²) in [4.78, 5) is 11.4. The lowest BCUT2D eigenvalue weighted by Crippen LogP contribution is -2.25. The van der Waals surface area contributed by atoms with Crippen molar-refractivity contribution in [3.63, 3.8) is 0 Å².